The maximum absolute atomic E-state index is 13.5. The van der Waals surface area contributed by atoms with Gasteiger partial charge in [0.1, 0.15) is 22.9 Å². The molecule has 2 fully saturated rings. The van der Waals surface area contributed by atoms with Crippen molar-refractivity contribution in [2.75, 3.05) is 43.8 Å². The Labute approximate surface area is 265 Å². The Morgan fingerprint density at radius 3 is 2.51 bits per heavy atom. The van der Waals surface area contributed by atoms with Crippen LogP contribution in [0.2, 0.25) is 0 Å². The first kappa shape index (κ1) is 32.7. The summed E-state index contributed by atoms with van der Waals surface area (Å²) in [7, 11) is 1.55. The summed E-state index contributed by atoms with van der Waals surface area (Å²) in [5.74, 6) is 1.40. The highest BCUT2D eigenvalue weighted by atomic mass is 16.7. The number of nitrogens with one attached hydrogen (secondary N) is 2. The number of carbonyl (C=O) groups is 2. The lowest BCUT2D eigenvalue weighted by molar-refractivity contribution is -0.0497. The molecule has 246 valence electrons. The van der Waals surface area contributed by atoms with Crippen LogP contribution in [0, 0.1) is 0 Å². The fourth-order valence-electron chi connectivity index (χ4n) is 5.98. The first-order valence-electron chi connectivity index (χ1n) is 16.1. The maximum atomic E-state index is 13.5. The van der Waals surface area contributed by atoms with Gasteiger partial charge in [-0.3, -0.25) is 9.69 Å². The van der Waals surface area contributed by atoms with Crippen molar-refractivity contribution in [1.82, 2.24) is 20.2 Å². The molecule has 3 heterocycles. The Morgan fingerprint density at radius 2 is 1.84 bits per heavy atom. The van der Waals surface area contributed by atoms with Gasteiger partial charge < -0.3 is 34.9 Å². The molecule has 1 aromatic carbocycles. The van der Waals surface area contributed by atoms with E-state index in [1.165, 1.54) is 12.8 Å². The topological polar surface area (TPSA) is 138 Å². The highest BCUT2D eigenvalue weighted by Gasteiger charge is 2.46. The number of aliphatic hydroxyl groups excluding tert-OH is 1. The van der Waals surface area contributed by atoms with E-state index in [-0.39, 0.29) is 25.6 Å². The fourth-order valence-corrected chi connectivity index (χ4v) is 5.98. The lowest BCUT2D eigenvalue weighted by atomic mass is 9.80. The summed E-state index contributed by atoms with van der Waals surface area (Å²) in [4.78, 5) is 40.1. The zero-order valence-corrected chi connectivity index (χ0v) is 27.2. The molecule has 1 saturated heterocycles. The van der Waals surface area contributed by atoms with Crippen molar-refractivity contribution >= 4 is 23.8 Å². The molecule has 0 spiro atoms. The molecule has 2 amide bonds. The molecular formula is C33H48N6O6. The van der Waals surface area contributed by atoms with Gasteiger partial charge in [0.2, 0.25) is 5.95 Å². The van der Waals surface area contributed by atoms with Gasteiger partial charge >= 0.3 is 6.09 Å². The highest BCUT2D eigenvalue weighted by Crippen LogP contribution is 2.36. The largest absolute Gasteiger partial charge is 0.468 e. The Morgan fingerprint density at radius 1 is 1.09 bits per heavy atom. The number of piperidine rings is 1. The fraction of sp³-hybridized carbons (Fsp3) is 0.636. The van der Waals surface area contributed by atoms with Crippen LogP contribution >= 0.6 is 0 Å². The number of methoxy groups -OCH3 is 1. The third-order valence-electron chi connectivity index (χ3n) is 8.85. The van der Waals surface area contributed by atoms with Gasteiger partial charge in [0.15, 0.2) is 6.79 Å². The van der Waals surface area contributed by atoms with Crippen LogP contribution in [0.4, 0.5) is 16.6 Å². The molecule has 2 aliphatic heterocycles. The summed E-state index contributed by atoms with van der Waals surface area (Å²) < 4.78 is 16.4. The van der Waals surface area contributed by atoms with Crippen LogP contribution in [0.5, 0.6) is 5.75 Å². The minimum atomic E-state index is -1.11. The van der Waals surface area contributed by atoms with Gasteiger partial charge in [-0.25, -0.2) is 9.78 Å². The first-order chi connectivity index (χ1) is 21.4. The van der Waals surface area contributed by atoms with Crippen molar-refractivity contribution in [3.05, 3.63) is 41.1 Å². The van der Waals surface area contributed by atoms with Crippen LogP contribution in [0.3, 0.4) is 0 Å². The standard InChI is InChI=1S/C33H48N6O6/c1-32(2,3)45-31(42)39-20-23-16-25(44-21-43-5)13-12-22(23)18-33(39,4)27(40)19-34-29(41)26-17-28(35-24-10-9-11-24)37-30(36-26)38-14-7-6-8-15-38/h12-13,16-17,24,27,40H,6-11,14-15,18-21H2,1-5H3,(H,34,41)(H,35,36,37)/t27-,33-/m1/s1. The number of carbonyl (C=O) groups excluding carboxylic acids is 2. The predicted octanol–water partition coefficient (Wildman–Crippen LogP) is 4.26. The zero-order valence-electron chi connectivity index (χ0n) is 27.2. The third kappa shape index (κ3) is 7.96. The Balaban J connectivity index is 1.35. The van der Waals surface area contributed by atoms with Crippen molar-refractivity contribution in [1.29, 1.82) is 0 Å². The van der Waals surface area contributed by atoms with Crippen LogP contribution < -0.4 is 20.3 Å². The molecule has 0 unspecified atom stereocenters. The van der Waals surface area contributed by atoms with Crippen LogP contribution in [0.15, 0.2) is 24.3 Å². The highest BCUT2D eigenvalue weighted by molar-refractivity contribution is 5.93. The summed E-state index contributed by atoms with van der Waals surface area (Å²) in [6.07, 6.45) is 5.34. The van der Waals surface area contributed by atoms with Gasteiger partial charge in [-0.1, -0.05) is 6.07 Å². The molecule has 12 heteroatoms. The smallest absolute Gasteiger partial charge is 0.411 e. The molecule has 45 heavy (non-hydrogen) atoms. The monoisotopic (exact) mass is 624 g/mol. The maximum Gasteiger partial charge on any atom is 0.411 e. The van der Waals surface area contributed by atoms with E-state index in [4.69, 9.17) is 19.2 Å². The van der Waals surface area contributed by atoms with Gasteiger partial charge in [-0.05, 0) is 95.9 Å². The number of nitrogens with zero attached hydrogens (tertiary/aromatic N) is 4. The number of ether oxygens (including phenoxy) is 3. The Bertz CT molecular complexity index is 1360. The lowest BCUT2D eigenvalue weighted by Gasteiger charge is -2.48. The number of fused-ring (bicyclic) bond motifs is 1. The van der Waals surface area contributed by atoms with E-state index >= 15 is 0 Å². The van der Waals surface area contributed by atoms with Crippen LogP contribution in [0.1, 0.15) is 87.8 Å². The van der Waals surface area contributed by atoms with Crippen molar-refractivity contribution < 1.29 is 28.9 Å². The molecule has 1 saturated carbocycles. The molecule has 1 aliphatic carbocycles. The third-order valence-corrected chi connectivity index (χ3v) is 8.85. The van der Waals surface area contributed by atoms with E-state index in [1.54, 1.807) is 38.8 Å². The molecule has 3 aliphatic rings. The van der Waals surface area contributed by atoms with Crippen molar-refractivity contribution in [3.8, 4) is 5.75 Å². The second-order valence-corrected chi connectivity index (χ2v) is 13.6. The second kappa shape index (κ2) is 13.8. The molecule has 5 rings (SSSR count). The van der Waals surface area contributed by atoms with Gasteiger partial charge in [-0.15, -0.1) is 0 Å². The average Bonchev–Trinajstić information content (AvgIpc) is 2.99. The second-order valence-electron chi connectivity index (χ2n) is 13.6. The van der Waals surface area contributed by atoms with E-state index in [9.17, 15) is 14.7 Å². The van der Waals surface area contributed by atoms with E-state index in [0.29, 0.717) is 30.0 Å². The number of aromatic nitrogens is 2. The summed E-state index contributed by atoms with van der Waals surface area (Å²) in [5.41, 5.74) is 0.304. The number of aliphatic hydroxyl groups is 1. The summed E-state index contributed by atoms with van der Waals surface area (Å²) in [6.45, 7) is 9.18. The summed E-state index contributed by atoms with van der Waals surface area (Å²) >= 11 is 0. The number of amides is 2. The van der Waals surface area contributed by atoms with Crippen molar-refractivity contribution in [2.24, 2.45) is 0 Å². The van der Waals surface area contributed by atoms with Gasteiger partial charge in [0.05, 0.1) is 18.2 Å². The minimum Gasteiger partial charge on any atom is -0.468 e. The Hall–Kier alpha value is -3.64. The molecule has 1 aromatic heterocycles. The quantitative estimate of drug-likeness (QED) is 0.329. The lowest BCUT2D eigenvalue weighted by Crippen LogP contribution is -2.63. The van der Waals surface area contributed by atoms with Gasteiger partial charge in [0, 0.05) is 38.9 Å². The summed E-state index contributed by atoms with van der Waals surface area (Å²) in [5, 5.41) is 18.0. The van der Waals surface area contributed by atoms with E-state index in [2.05, 4.69) is 20.5 Å². The van der Waals surface area contributed by atoms with E-state index in [0.717, 1.165) is 49.9 Å². The number of hydrogen-bond acceptors (Lipinski definition) is 10. The normalized spacial score (nSPS) is 20.9. The predicted molar refractivity (Wildman–Crippen MR) is 171 cm³/mol. The SMILES string of the molecule is COCOc1ccc2c(c1)CN(C(=O)OC(C)(C)C)[C@@](C)([C@H](O)CNC(=O)c1cc(NC3CCC3)nc(N3CCCCC3)n1)C2. The van der Waals surface area contributed by atoms with Crippen LogP contribution in [-0.4, -0.2) is 88.8 Å². The molecule has 0 bridgehead atoms. The number of anilines is 2. The average molecular weight is 625 g/mol. The van der Waals surface area contributed by atoms with Gasteiger partial charge in [0.25, 0.3) is 5.91 Å². The molecule has 12 nitrogen and oxygen atoms in total. The van der Waals surface area contributed by atoms with Crippen molar-refractivity contribution in [2.45, 2.75) is 102 Å². The number of hydrogen-bond donors (Lipinski definition) is 3. The number of benzene rings is 1. The van der Waals surface area contributed by atoms with E-state index in [1.807, 2.05) is 25.1 Å². The molecular weight excluding hydrogens is 576 g/mol. The molecule has 3 N–H and O–H groups in total. The molecule has 0 radical (unpaired) electrons. The van der Waals surface area contributed by atoms with Gasteiger partial charge in [-0.2, -0.15) is 4.98 Å². The number of rotatable bonds is 10. The molecule has 2 atom stereocenters. The van der Waals surface area contributed by atoms with Crippen LogP contribution in [0.25, 0.3) is 0 Å². The zero-order chi connectivity index (χ0) is 32.2. The van der Waals surface area contributed by atoms with Crippen LogP contribution in [-0.2, 0) is 22.4 Å². The first-order valence-corrected chi connectivity index (χ1v) is 16.1. The minimum absolute atomic E-state index is 0.0898. The van der Waals surface area contributed by atoms with Crippen molar-refractivity contribution in [3.63, 3.8) is 0 Å². The Kier molecular flexibility index (Phi) is 10.0. The molecule has 2 aromatic rings. The van der Waals surface area contributed by atoms with E-state index < -0.39 is 29.2 Å². The summed E-state index contributed by atoms with van der Waals surface area (Å²) in [6, 6.07) is 7.70.